The van der Waals surface area contributed by atoms with Crippen LogP contribution in [-0.2, 0) is 6.54 Å². The summed E-state index contributed by atoms with van der Waals surface area (Å²) in [5.41, 5.74) is 0.725. The number of nitrogens with one attached hydrogen (secondary N) is 1. The molecule has 2 rings (SSSR count). The fourth-order valence-electron chi connectivity index (χ4n) is 1.81. The Hall–Kier alpha value is -2.69. The first-order valence-corrected chi connectivity index (χ1v) is 6.04. The van der Waals surface area contributed by atoms with E-state index in [0.29, 0.717) is 5.75 Å². The molecule has 0 spiro atoms. The van der Waals surface area contributed by atoms with Gasteiger partial charge in [0.05, 0.1) is 7.11 Å². The maximum absolute atomic E-state index is 12.0. The number of aromatic hydroxyl groups is 2. The third-order valence-corrected chi connectivity index (χ3v) is 2.83. The predicted molar refractivity (Wildman–Crippen MR) is 73.9 cm³/mol. The van der Waals surface area contributed by atoms with Gasteiger partial charge in [-0.15, -0.1) is 0 Å². The topological polar surface area (TPSA) is 78.8 Å². The predicted octanol–water partition coefficient (Wildman–Crippen LogP) is 2.04. The minimum Gasteiger partial charge on any atom is -0.507 e. The van der Waals surface area contributed by atoms with Gasteiger partial charge in [0.1, 0.15) is 22.8 Å². The van der Waals surface area contributed by atoms with Gasteiger partial charge in [0.25, 0.3) is 5.91 Å². The van der Waals surface area contributed by atoms with Gasteiger partial charge in [-0.25, -0.2) is 0 Å². The van der Waals surface area contributed by atoms with E-state index in [-0.39, 0.29) is 23.6 Å². The average Bonchev–Trinajstić information content (AvgIpc) is 2.45. The van der Waals surface area contributed by atoms with Crippen molar-refractivity contribution in [2.24, 2.45) is 0 Å². The van der Waals surface area contributed by atoms with E-state index in [4.69, 9.17) is 4.74 Å². The Morgan fingerprint density at radius 2 is 1.80 bits per heavy atom. The molecule has 1 amide bonds. The van der Waals surface area contributed by atoms with Gasteiger partial charge >= 0.3 is 0 Å². The van der Waals surface area contributed by atoms with Crippen LogP contribution < -0.4 is 10.1 Å². The number of benzene rings is 2. The average molecular weight is 273 g/mol. The largest absolute Gasteiger partial charge is 0.507 e. The lowest BCUT2D eigenvalue weighted by Crippen LogP contribution is -2.23. The molecule has 0 saturated carbocycles. The first-order chi connectivity index (χ1) is 9.61. The molecular formula is C15H15NO4. The summed E-state index contributed by atoms with van der Waals surface area (Å²) in [5.74, 6) is -0.355. The summed E-state index contributed by atoms with van der Waals surface area (Å²) in [5, 5.41) is 21.8. The van der Waals surface area contributed by atoms with E-state index < -0.39 is 5.91 Å². The van der Waals surface area contributed by atoms with Crippen LogP contribution >= 0.6 is 0 Å². The fourth-order valence-corrected chi connectivity index (χ4v) is 1.81. The quantitative estimate of drug-likeness (QED) is 0.796. The van der Waals surface area contributed by atoms with Gasteiger partial charge < -0.3 is 20.3 Å². The van der Waals surface area contributed by atoms with Crippen molar-refractivity contribution in [3.05, 3.63) is 53.6 Å². The fraction of sp³-hybridized carbons (Fsp3) is 0.133. The number of amides is 1. The molecule has 0 radical (unpaired) electrons. The van der Waals surface area contributed by atoms with Crippen molar-refractivity contribution in [1.82, 2.24) is 5.32 Å². The highest BCUT2D eigenvalue weighted by Crippen LogP contribution is 2.26. The monoisotopic (exact) mass is 273 g/mol. The molecule has 0 atom stereocenters. The van der Waals surface area contributed by atoms with Crippen molar-refractivity contribution in [1.29, 1.82) is 0 Å². The number of carbonyl (C=O) groups excluding carboxylic acids is 1. The van der Waals surface area contributed by atoms with Gasteiger partial charge in [-0.1, -0.05) is 18.2 Å². The number of ether oxygens (including phenoxy) is 1. The van der Waals surface area contributed by atoms with Crippen molar-refractivity contribution in [3.63, 3.8) is 0 Å². The molecular weight excluding hydrogens is 258 g/mol. The zero-order valence-electron chi connectivity index (χ0n) is 11.0. The van der Waals surface area contributed by atoms with Gasteiger partial charge in [0, 0.05) is 6.54 Å². The maximum Gasteiger partial charge on any atom is 0.259 e. The molecule has 0 unspecified atom stereocenters. The van der Waals surface area contributed by atoms with Crippen molar-refractivity contribution in [2.75, 3.05) is 7.11 Å². The minimum absolute atomic E-state index is 0.129. The Morgan fingerprint density at radius 1 is 1.15 bits per heavy atom. The van der Waals surface area contributed by atoms with Gasteiger partial charge in [-0.2, -0.15) is 0 Å². The van der Waals surface area contributed by atoms with E-state index in [1.807, 2.05) is 12.1 Å². The number of hydrogen-bond donors (Lipinski definition) is 3. The van der Waals surface area contributed by atoms with E-state index in [1.165, 1.54) is 18.2 Å². The molecule has 20 heavy (non-hydrogen) atoms. The number of phenolic OH excluding ortho intramolecular Hbond substituents is 2. The molecule has 2 aromatic rings. The minimum atomic E-state index is -0.539. The summed E-state index contributed by atoms with van der Waals surface area (Å²) >= 11 is 0. The summed E-state index contributed by atoms with van der Waals surface area (Å²) in [6.45, 7) is 0.268. The van der Waals surface area contributed by atoms with Crippen molar-refractivity contribution in [3.8, 4) is 17.2 Å². The Kier molecular flexibility index (Phi) is 4.10. The molecule has 0 saturated heterocycles. The van der Waals surface area contributed by atoms with Gasteiger partial charge in [-0.05, 0) is 29.8 Å². The van der Waals surface area contributed by atoms with Crippen LogP contribution in [0.1, 0.15) is 15.9 Å². The maximum atomic E-state index is 12.0. The Labute approximate surface area is 116 Å². The number of phenols is 2. The molecule has 0 aliphatic carbocycles. The molecule has 0 aliphatic heterocycles. The number of methoxy groups -OCH3 is 1. The van der Waals surface area contributed by atoms with Crippen molar-refractivity contribution in [2.45, 2.75) is 6.54 Å². The van der Waals surface area contributed by atoms with Crippen LogP contribution in [0.4, 0.5) is 0 Å². The van der Waals surface area contributed by atoms with E-state index in [1.54, 1.807) is 19.2 Å². The Bertz CT molecular complexity index is 605. The summed E-state index contributed by atoms with van der Waals surface area (Å²) in [4.78, 5) is 12.0. The lowest BCUT2D eigenvalue weighted by molar-refractivity contribution is 0.0945. The molecule has 0 fully saturated rings. The van der Waals surface area contributed by atoms with Gasteiger partial charge in [0.2, 0.25) is 0 Å². The van der Waals surface area contributed by atoms with Crippen LogP contribution in [-0.4, -0.2) is 23.2 Å². The van der Waals surface area contributed by atoms with Crippen LogP contribution in [0.5, 0.6) is 17.2 Å². The number of rotatable bonds is 4. The van der Waals surface area contributed by atoms with E-state index in [9.17, 15) is 15.0 Å². The highest BCUT2D eigenvalue weighted by molar-refractivity contribution is 5.99. The molecule has 3 N–H and O–H groups in total. The molecule has 2 aromatic carbocycles. The van der Waals surface area contributed by atoms with E-state index >= 15 is 0 Å². The lowest BCUT2D eigenvalue weighted by atomic mass is 10.1. The highest BCUT2D eigenvalue weighted by atomic mass is 16.5. The first kappa shape index (κ1) is 13.7. The standard InChI is InChI=1S/C15H15NO4/c1-20-11-5-2-4-10(8-11)9-16-15(19)14-12(17)6-3-7-13(14)18/h2-8,17-18H,9H2,1H3,(H,16,19). The Morgan fingerprint density at radius 3 is 2.45 bits per heavy atom. The van der Waals surface area contributed by atoms with Crippen LogP contribution in [0.2, 0.25) is 0 Å². The SMILES string of the molecule is COc1cccc(CNC(=O)c2c(O)cccc2O)c1. The van der Waals surface area contributed by atoms with Crippen LogP contribution in [0.15, 0.2) is 42.5 Å². The molecule has 0 aliphatic rings. The van der Waals surface area contributed by atoms with Crippen LogP contribution in [0.3, 0.4) is 0 Å². The number of carbonyl (C=O) groups is 1. The highest BCUT2D eigenvalue weighted by Gasteiger charge is 2.15. The second kappa shape index (κ2) is 5.97. The van der Waals surface area contributed by atoms with Gasteiger partial charge in [0.15, 0.2) is 0 Å². The zero-order chi connectivity index (χ0) is 14.5. The van der Waals surface area contributed by atoms with E-state index in [0.717, 1.165) is 5.56 Å². The molecule has 0 aromatic heterocycles. The van der Waals surface area contributed by atoms with Gasteiger partial charge in [-0.3, -0.25) is 4.79 Å². The molecule has 5 heteroatoms. The summed E-state index contributed by atoms with van der Waals surface area (Å²) < 4.78 is 5.09. The normalized spacial score (nSPS) is 10.1. The van der Waals surface area contributed by atoms with Crippen LogP contribution in [0.25, 0.3) is 0 Å². The molecule has 0 heterocycles. The zero-order valence-corrected chi connectivity index (χ0v) is 11.0. The summed E-state index contributed by atoms with van der Waals surface area (Å²) in [7, 11) is 1.57. The second-order valence-electron chi connectivity index (χ2n) is 4.21. The molecule has 5 nitrogen and oxygen atoms in total. The van der Waals surface area contributed by atoms with Crippen LogP contribution in [0, 0.1) is 0 Å². The van der Waals surface area contributed by atoms with Crippen molar-refractivity contribution < 1.29 is 19.7 Å². The van der Waals surface area contributed by atoms with Crippen molar-refractivity contribution >= 4 is 5.91 Å². The third kappa shape index (κ3) is 3.00. The van der Waals surface area contributed by atoms with E-state index in [2.05, 4.69) is 5.32 Å². The summed E-state index contributed by atoms with van der Waals surface area (Å²) in [6, 6.07) is 11.4. The molecule has 104 valence electrons. The smallest absolute Gasteiger partial charge is 0.259 e. The summed E-state index contributed by atoms with van der Waals surface area (Å²) in [6.07, 6.45) is 0. The molecule has 0 bridgehead atoms. The second-order valence-corrected chi connectivity index (χ2v) is 4.21. The third-order valence-electron chi connectivity index (χ3n) is 2.83. The first-order valence-electron chi connectivity index (χ1n) is 6.04. The number of hydrogen-bond acceptors (Lipinski definition) is 4. The Balaban J connectivity index is 2.09. The lowest BCUT2D eigenvalue weighted by Gasteiger charge is -2.09.